The molecule has 4 rings (SSSR count). The Labute approximate surface area is 249 Å². The lowest BCUT2D eigenvalue weighted by Gasteiger charge is -2.29. The van der Waals surface area contributed by atoms with Gasteiger partial charge in [0.2, 0.25) is 11.8 Å². The van der Waals surface area contributed by atoms with Gasteiger partial charge in [0.05, 0.1) is 26.8 Å². The molecule has 0 spiro atoms. The maximum Gasteiger partial charge on any atom is 0.249 e. The van der Waals surface area contributed by atoms with Gasteiger partial charge in [-0.2, -0.15) is 0 Å². The monoisotopic (exact) mass is 567 g/mol. The van der Waals surface area contributed by atoms with E-state index in [0.29, 0.717) is 32.8 Å². The SMILES string of the molecule is COc1cccc(Cn2cccc2CN(Cc2ccccc2)C(=O)CN(CC(C)C)C(=O)COCc2ccccc2)c1. The average molecular weight is 568 g/mol. The topological polar surface area (TPSA) is 64.0 Å². The van der Waals surface area contributed by atoms with E-state index in [2.05, 4.69) is 10.6 Å². The Morgan fingerprint density at radius 2 is 1.45 bits per heavy atom. The van der Waals surface area contributed by atoms with Crippen molar-refractivity contribution in [2.45, 2.75) is 40.1 Å². The first-order chi connectivity index (χ1) is 20.4. The molecule has 0 saturated heterocycles. The van der Waals surface area contributed by atoms with E-state index in [1.54, 1.807) is 12.0 Å². The molecule has 0 fully saturated rings. The van der Waals surface area contributed by atoms with Gasteiger partial charge >= 0.3 is 0 Å². The largest absolute Gasteiger partial charge is 0.497 e. The van der Waals surface area contributed by atoms with Crippen molar-refractivity contribution in [1.29, 1.82) is 0 Å². The van der Waals surface area contributed by atoms with Crippen LogP contribution in [0.5, 0.6) is 5.75 Å². The maximum absolute atomic E-state index is 13.9. The van der Waals surface area contributed by atoms with Gasteiger partial charge < -0.3 is 23.8 Å². The van der Waals surface area contributed by atoms with Crippen LogP contribution >= 0.6 is 0 Å². The summed E-state index contributed by atoms with van der Waals surface area (Å²) in [5.41, 5.74) is 4.15. The van der Waals surface area contributed by atoms with E-state index in [0.717, 1.165) is 28.1 Å². The molecule has 4 aromatic rings. The number of hydrogen-bond acceptors (Lipinski definition) is 4. The van der Waals surface area contributed by atoms with Gasteiger partial charge in [0.1, 0.15) is 12.4 Å². The Hall–Kier alpha value is -4.36. The Morgan fingerprint density at radius 1 is 0.762 bits per heavy atom. The van der Waals surface area contributed by atoms with Gasteiger partial charge in [-0.3, -0.25) is 9.59 Å². The normalized spacial score (nSPS) is 11.0. The second-order valence-corrected chi connectivity index (χ2v) is 10.9. The Kier molecular flexibility index (Phi) is 11.4. The molecule has 220 valence electrons. The molecule has 3 aromatic carbocycles. The van der Waals surface area contributed by atoms with Crippen LogP contribution in [-0.4, -0.2) is 53.0 Å². The average Bonchev–Trinajstić information content (AvgIpc) is 3.43. The van der Waals surface area contributed by atoms with Gasteiger partial charge in [0.25, 0.3) is 0 Å². The van der Waals surface area contributed by atoms with Crippen molar-refractivity contribution in [2.24, 2.45) is 5.92 Å². The summed E-state index contributed by atoms with van der Waals surface area (Å²) in [4.78, 5) is 30.6. The summed E-state index contributed by atoms with van der Waals surface area (Å²) < 4.78 is 13.3. The summed E-state index contributed by atoms with van der Waals surface area (Å²) in [7, 11) is 1.66. The molecule has 1 aromatic heterocycles. The molecule has 0 bridgehead atoms. The zero-order valence-electron chi connectivity index (χ0n) is 24.8. The van der Waals surface area contributed by atoms with Gasteiger partial charge in [-0.1, -0.05) is 86.6 Å². The van der Waals surface area contributed by atoms with Crippen molar-refractivity contribution >= 4 is 11.8 Å². The van der Waals surface area contributed by atoms with Crippen molar-refractivity contribution in [2.75, 3.05) is 26.8 Å². The highest BCUT2D eigenvalue weighted by molar-refractivity contribution is 5.85. The van der Waals surface area contributed by atoms with Crippen molar-refractivity contribution < 1.29 is 19.1 Å². The molecular formula is C35H41N3O4. The van der Waals surface area contributed by atoms with E-state index in [9.17, 15) is 9.59 Å². The molecule has 42 heavy (non-hydrogen) atoms. The molecule has 0 unspecified atom stereocenters. The third-order valence-corrected chi connectivity index (χ3v) is 6.93. The van der Waals surface area contributed by atoms with Crippen LogP contribution in [0.2, 0.25) is 0 Å². The minimum atomic E-state index is -0.186. The van der Waals surface area contributed by atoms with E-state index in [1.165, 1.54) is 0 Å². The first-order valence-electron chi connectivity index (χ1n) is 14.4. The van der Waals surface area contributed by atoms with Gasteiger partial charge in [-0.25, -0.2) is 0 Å². The van der Waals surface area contributed by atoms with Crippen molar-refractivity contribution in [3.63, 3.8) is 0 Å². The fraction of sp³-hybridized carbons (Fsp3) is 0.314. The van der Waals surface area contributed by atoms with Crippen LogP contribution in [0.25, 0.3) is 0 Å². The first-order valence-corrected chi connectivity index (χ1v) is 14.4. The fourth-order valence-corrected chi connectivity index (χ4v) is 4.83. The lowest BCUT2D eigenvalue weighted by molar-refractivity contribution is -0.144. The van der Waals surface area contributed by atoms with Crippen molar-refractivity contribution in [3.05, 3.63) is 126 Å². The summed E-state index contributed by atoms with van der Waals surface area (Å²) in [5.74, 6) is 0.724. The number of rotatable bonds is 15. The number of ether oxygens (including phenoxy) is 2. The number of carbonyl (C=O) groups is 2. The fourth-order valence-electron chi connectivity index (χ4n) is 4.83. The molecule has 1 heterocycles. The van der Waals surface area contributed by atoms with Crippen LogP contribution < -0.4 is 4.74 Å². The maximum atomic E-state index is 13.9. The van der Waals surface area contributed by atoms with Gasteiger partial charge in [-0.15, -0.1) is 0 Å². The summed E-state index contributed by atoms with van der Waals surface area (Å²) in [5, 5.41) is 0. The number of hydrogen-bond donors (Lipinski definition) is 0. The van der Waals surface area contributed by atoms with Crippen LogP contribution in [0.1, 0.15) is 36.2 Å². The minimum Gasteiger partial charge on any atom is -0.497 e. The summed E-state index contributed by atoms with van der Waals surface area (Å²) >= 11 is 0. The van der Waals surface area contributed by atoms with E-state index in [4.69, 9.17) is 9.47 Å². The van der Waals surface area contributed by atoms with Crippen LogP contribution in [0.4, 0.5) is 0 Å². The molecule has 7 heteroatoms. The third kappa shape index (κ3) is 9.35. The number of nitrogens with zero attached hydrogens (tertiary/aromatic N) is 3. The Balaban J connectivity index is 1.48. The van der Waals surface area contributed by atoms with Crippen LogP contribution in [0.15, 0.2) is 103 Å². The van der Waals surface area contributed by atoms with E-state index in [-0.39, 0.29) is 30.9 Å². The quantitative estimate of drug-likeness (QED) is 0.183. The third-order valence-electron chi connectivity index (χ3n) is 6.93. The second-order valence-electron chi connectivity index (χ2n) is 10.9. The Bertz CT molecular complexity index is 1400. The number of aromatic nitrogens is 1. The zero-order chi connectivity index (χ0) is 29.7. The zero-order valence-corrected chi connectivity index (χ0v) is 24.8. The predicted octanol–water partition coefficient (Wildman–Crippen LogP) is 5.78. The van der Waals surface area contributed by atoms with Crippen molar-refractivity contribution in [3.8, 4) is 5.75 Å². The molecule has 2 amide bonds. The standard InChI is InChI=1S/C35H41N3O4/c1-28(2)21-37(35(40)27-42-26-30-14-8-5-9-15-30)25-34(39)38(22-29-12-6-4-7-13-29)24-32-17-11-19-36(32)23-31-16-10-18-33(20-31)41-3/h4-20,28H,21-27H2,1-3H3. The molecule has 0 N–H and O–H groups in total. The lowest BCUT2D eigenvalue weighted by atomic mass is 10.2. The Morgan fingerprint density at radius 3 is 2.14 bits per heavy atom. The highest BCUT2D eigenvalue weighted by Crippen LogP contribution is 2.17. The summed E-state index contributed by atoms with van der Waals surface area (Å²) in [6.07, 6.45) is 2.03. The molecule has 0 atom stereocenters. The van der Waals surface area contributed by atoms with E-state index in [1.807, 2.05) is 116 Å². The van der Waals surface area contributed by atoms with E-state index >= 15 is 0 Å². The number of methoxy groups -OCH3 is 1. The molecule has 0 aliphatic heterocycles. The highest BCUT2D eigenvalue weighted by Gasteiger charge is 2.23. The second kappa shape index (κ2) is 15.6. The van der Waals surface area contributed by atoms with Crippen LogP contribution in [-0.2, 0) is 40.6 Å². The van der Waals surface area contributed by atoms with Crippen LogP contribution in [0.3, 0.4) is 0 Å². The first kappa shape index (κ1) is 30.6. The number of amides is 2. The number of benzene rings is 3. The molecule has 0 radical (unpaired) electrons. The predicted molar refractivity (Wildman–Crippen MR) is 165 cm³/mol. The van der Waals surface area contributed by atoms with Gasteiger partial charge in [-0.05, 0) is 46.9 Å². The summed E-state index contributed by atoms with van der Waals surface area (Å²) in [6, 6.07) is 31.7. The van der Waals surface area contributed by atoms with Gasteiger partial charge in [0.15, 0.2) is 0 Å². The summed E-state index contributed by atoms with van der Waals surface area (Å²) in [6.45, 7) is 6.35. The molecule has 0 aliphatic rings. The molecule has 0 saturated carbocycles. The lowest BCUT2D eigenvalue weighted by Crippen LogP contribution is -2.45. The van der Waals surface area contributed by atoms with E-state index < -0.39 is 0 Å². The van der Waals surface area contributed by atoms with Gasteiger partial charge in [0, 0.05) is 31.5 Å². The van der Waals surface area contributed by atoms with Crippen LogP contribution in [0, 0.1) is 5.92 Å². The molecule has 0 aliphatic carbocycles. The smallest absolute Gasteiger partial charge is 0.249 e. The minimum absolute atomic E-state index is 0.00482. The van der Waals surface area contributed by atoms with Crippen molar-refractivity contribution in [1.82, 2.24) is 14.4 Å². The number of carbonyl (C=O) groups excluding carboxylic acids is 2. The molecular weight excluding hydrogens is 526 g/mol. The molecule has 7 nitrogen and oxygen atoms in total. The highest BCUT2D eigenvalue weighted by atomic mass is 16.5.